The van der Waals surface area contributed by atoms with E-state index in [1.807, 2.05) is 31.2 Å². The molecule has 12 heteroatoms. The number of amides is 3. The predicted octanol–water partition coefficient (Wildman–Crippen LogP) is 6.50. The maximum atomic E-state index is 14.1. The number of aryl methyl sites for hydroxylation is 1. The molecule has 42 heavy (non-hydrogen) atoms. The van der Waals surface area contributed by atoms with E-state index < -0.39 is 35.3 Å². The van der Waals surface area contributed by atoms with Gasteiger partial charge in [-0.15, -0.1) is 21.5 Å². The van der Waals surface area contributed by atoms with Gasteiger partial charge >= 0.3 is 12.2 Å². The van der Waals surface area contributed by atoms with Crippen LogP contribution >= 0.6 is 11.3 Å². The fraction of sp³-hybridized carbons (Fsp3) is 0.400. The Morgan fingerprint density at radius 2 is 1.69 bits per heavy atom. The fourth-order valence-corrected chi connectivity index (χ4v) is 6.06. The second-order valence-electron chi connectivity index (χ2n) is 12.2. The van der Waals surface area contributed by atoms with Crippen molar-refractivity contribution in [3.63, 3.8) is 0 Å². The van der Waals surface area contributed by atoms with Crippen LogP contribution in [0.1, 0.15) is 69.8 Å². The maximum Gasteiger partial charge on any atom is 0.417 e. The number of hydrogen-bond donors (Lipinski definition) is 0. The Labute approximate surface area is 247 Å². The summed E-state index contributed by atoms with van der Waals surface area (Å²) in [5.41, 5.74) is -0.571. The molecule has 0 saturated carbocycles. The average molecular weight is 591 g/mol. The summed E-state index contributed by atoms with van der Waals surface area (Å²) < 4.78 is 13.9. The Morgan fingerprint density at radius 1 is 1.02 bits per heavy atom. The van der Waals surface area contributed by atoms with E-state index in [1.165, 1.54) is 16.2 Å². The van der Waals surface area contributed by atoms with Crippen molar-refractivity contribution in [1.82, 2.24) is 24.6 Å². The van der Waals surface area contributed by atoms with Crippen LogP contribution in [0.3, 0.4) is 0 Å². The van der Waals surface area contributed by atoms with Gasteiger partial charge in [0.05, 0.1) is 23.8 Å². The van der Waals surface area contributed by atoms with Crippen molar-refractivity contribution < 1.29 is 23.9 Å². The second-order valence-corrected chi connectivity index (χ2v) is 13.2. The molecule has 1 aliphatic rings. The quantitative estimate of drug-likeness (QED) is 0.259. The molecule has 0 radical (unpaired) electrons. The summed E-state index contributed by atoms with van der Waals surface area (Å²) in [6, 6.07) is 6.77. The van der Waals surface area contributed by atoms with Gasteiger partial charge < -0.3 is 9.47 Å². The molecule has 0 unspecified atom stereocenters. The Kier molecular flexibility index (Phi) is 7.08. The van der Waals surface area contributed by atoms with Gasteiger partial charge in [-0.25, -0.2) is 19.5 Å². The minimum Gasteiger partial charge on any atom is -0.443 e. The number of benzene rings is 1. The first-order valence-electron chi connectivity index (χ1n) is 13.6. The zero-order chi connectivity index (χ0) is 30.7. The number of aromatic nitrogens is 4. The molecule has 4 heterocycles. The number of hydrogen-bond acceptors (Lipinski definition) is 9. The van der Waals surface area contributed by atoms with Crippen molar-refractivity contribution in [2.75, 3.05) is 11.4 Å². The topological polar surface area (TPSA) is 120 Å². The molecule has 0 saturated heterocycles. The van der Waals surface area contributed by atoms with E-state index in [-0.39, 0.29) is 11.4 Å². The van der Waals surface area contributed by atoms with Crippen LogP contribution in [0.2, 0.25) is 0 Å². The molecule has 0 bridgehead atoms. The van der Waals surface area contributed by atoms with Crippen LogP contribution < -0.4 is 4.90 Å². The van der Waals surface area contributed by atoms with E-state index in [9.17, 15) is 14.4 Å². The van der Waals surface area contributed by atoms with Crippen LogP contribution in [0.5, 0.6) is 0 Å². The molecule has 0 spiro atoms. The number of fused-ring (bicyclic) bond motifs is 5. The lowest BCUT2D eigenvalue weighted by Crippen LogP contribution is -2.49. The van der Waals surface area contributed by atoms with Crippen LogP contribution in [0.25, 0.3) is 32.9 Å². The summed E-state index contributed by atoms with van der Waals surface area (Å²) >= 11 is 1.21. The predicted molar refractivity (Wildman–Crippen MR) is 162 cm³/mol. The molecule has 5 rings (SSSR count). The normalized spacial score (nSPS) is 16.0. The molecule has 3 aromatic heterocycles. The average Bonchev–Trinajstić information content (AvgIpc) is 3.42. The summed E-state index contributed by atoms with van der Waals surface area (Å²) in [5, 5.41) is 9.68. The number of carbonyl (C=O) groups is 3. The Balaban J connectivity index is 1.74. The minimum absolute atomic E-state index is 0.0171. The third-order valence-electron chi connectivity index (χ3n) is 6.52. The molecule has 1 aliphatic heterocycles. The molecule has 1 aromatic carbocycles. The third kappa shape index (κ3) is 5.22. The molecule has 220 valence electrons. The van der Waals surface area contributed by atoms with Crippen molar-refractivity contribution in [2.45, 2.75) is 72.6 Å². The van der Waals surface area contributed by atoms with Gasteiger partial charge in [-0.05, 0) is 85.7 Å². The highest BCUT2D eigenvalue weighted by atomic mass is 32.1. The smallest absolute Gasteiger partial charge is 0.417 e. The van der Waals surface area contributed by atoms with E-state index in [1.54, 1.807) is 59.1 Å². The van der Waals surface area contributed by atoms with Gasteiger partial charge in [0.1, 0.15) is 27.7 Å². The molecule has 0 aliphatic carbocycles. The van der Waals surface area contributed by atoms with E-state index in [0.717, 1.165) is 15.0 Å². The van der Waals surface area contributed by atoms with Crippen LogP contribution in [-0.4, -0.2) is 66.5 Å². The van der Waals surface area contributed by atoms with E-state index in [4.69, 9.17) is 14.5 Å². The molecule has 4 aromatic rings. The lowest BCUT2D eigenvalue weighted by Gasteiger charge is -2.31. The van der Waals surface area contributed by atoms with E-state index >= 15 is 0 Å². The highest BCUT2D eigenvalue weighted by molar-refractivity contribution is 7.21. The van der Waals surface area contributed by atoms with E-state index in [2.05, 4.69) is 16.8 Å². The maximum absolute atomic E-state index is 14.1. The highest BCUT2D eigenvalue weighted by Crippen LogP contribution is 2.45. The Hall–Kier alpha value is -4.32. The number of thiophene rings is 1. The zero-order valence-corrected chi connectivity index (χ0v) is 25.8. The number of imide groups is 1. The number of pyridine rings is 1. The lowest BCUT2D eigenvalue weighted by atomic mass is 10.1. The van der Waals surface area contributed by atoms with Crippen molar-refractivity contribution in [2.24, 2.45) is 0 Å². The molecule has 0 N–H and O–H groups in total. The standard InChI is InChI=1S/C30H34N6O5S/c1-10-21-33-32-17(3)36(21)22-14-11-18-19(31-22)12-13-20-23(18)24-25(42-20)26(37)35(28(39)41-30(7,8)9)16(2)15-34(24)27(38)40-29(4,5)6/h10-14,16H,1,15H2,2-9H3/t16-/m1/s1. The van der Waals surface area contributed by atoms with Gasteiger partial charge in [0.15, 0.2) is 5.82 Å². The molecule has 3 amide bonds. The minimum atomic E-state index is -0.814. The molecular weight excluding hydrogens is 556 g/mol. The first-order valence-corrected chi connectivity index (χ1v) is 14.4. The molecule has 0 fully saturated rings. The van der Waals surface area contributed by atoms with Crippen molar-refractivity contribution >= 4 is 62.2 Å². The molecule has 11 nitrogen and oxygen atoms in total. The zero-order valence-electron chi connectivity index (χ0n) is 25.0. The van der Waals surface area contributed by atoms with Crippen LogP contribution in [-0.2, 0) is 9.47 Å². The molecule has 1 atom stereocenters. The van der Waals surface area contributed by atoms with Crippen molar-refractivity contribution in [1.29, 1.82) is 0 Å². The van der Waals surface area contributed by atoms with Crippen molar-refractivity contribution in [3.8, 4) is 5.82 Å². The Morgan fingerprint density at radius 3 is 2.33 bits per heavy atom. The first-order chi connectivity index (χ1) is 19.6. The summed E-state index contributed by atoms with van der Waals surface area (Å²) in [6.07, 6.45) is 0.217. The fourth-order valence-electron chi connectivity index (χ4n) is 4.90. The number of rotatable bonds is 2. The van der Waals surface area contributed by atoms with Gasteiger partial charge in [0, 0.05) is 15.5 Å². The van der Waals surface area contributed by atoms with E-state index in [0.29, 0.717) is 34.1 Å². The van der Waals surface area contributed by atoms with Crippen molar-refractivity contribution in [3.05, 3.63) is 47.4 Å². The number of anilines is 1. The largest absolute Gasteiger partial charge is 0.443 e. The summed E-state index contributed by atoms with van der Waals surface area (Å²) in [5.74, 6) is 1.28. The van der Waals surface area contributed by atoms with Gasteiger partial charge in [0.2, 0.25) is 0 Å². The lowest BCUT2D eigenvalue weighted by molar-refractivity contribution is 0.0182. The first kappa shape index (κ1) is 29.2. The summed E-state index contributed by atoms with van der Waals surface area (Å²) in [7, 11) is 0. The second kappa shape index (κ2) is 10.2. The third-order valence-corrected chi connectivity index (χ3v) is 7.65. The SMILES string of the molecule is C=Cc1nnc(C)n1-c1ccc2c(ccc3sc4c(c32)N(C(=O)OC(C)(C)C)C[C@@H](C)N(C(=O)OC(C)(C)C)C4=O)n1. The van der Waals surface area contributed by atoms with Crippen LogP contribution in [0.15, 0.2) is 30.8 Å². The Bertz CT molecular complexity index is 1760. The highest BCUT2D eigenvalue weighted by Gasteiger charge is 2.42. The molecular formula is C30H34N6O5S. The van der Waals surface area contributed by atoms with Gasteiger partial charge in [-0.3, -0.25) is 14.3 Å². The van der Waals surface area contributed by atoms with Gasteiger partial charge in [0.25, 0.3) is 5.91 Å². The summed E-state index contributed by atoms with van der Waals surface area (Å²) in [6.45, 7) is 17.9. The van der Waals surface area contributed by atoms with Gasteiger partial charge in [-0.1, -0.05) is 6.58 Å². The number of ether oxygens (including phenoxy) is 2. The monoisotopic (exact) mass is 590 g/mol. The van der Waals surface area contributed by atoms with Crippen LogP contribution in [0.4, 0.5) is 15.3 Å². The number of nitrogens with zero attached hydrogens (tertiary/aromatic N) is 6. The summed E-state index contributed by atoms with van der Waals surface area (Å²) in [4.78, 5) is 48.7. The van der Waals surface area contributed by atoms with Crippen LogP contribution in [0, 0.1) is 6.92 Å². The number of carbonyl (C=O) groups excluding carboxylic acids is 3. The van der Waals surface area contributed by atoms with Gasteiger partial charge in [-0.2, -0.15) is 0 Å².